The van der Waals surface area contributed by atoms with Crippen molar-refractivity contribution in [1.29, 1.82) is 0 Å². The second kappa shape index (κ2) is 8.77. The summed E-state index contributed by atoms with van der Waals surface area (Å²) in [5.41, 5.74) is -0.272. The fraction of sp³-hybridized carbons (Fsp3) is 0.533. The van der Waals surface area contributed by atoms with Crippen LogP contribution in [0.4, 0.5) is 5.69 Å². The summed E-state index contributed by atoms with van der Waals surface area (Å²) in [5, 5.41) is 19.6. The van der Waals surface area contributed by atoms with E-state index in [0.29, 0.717) is 19.3 Å². The highest BCUT2D eigenvalue weighted by Crippen LogP contribution is 2.28. The first-order valence-electron chi connectivity index (χ1n) is 7.66. The Morgan fingerprint density at radius 1 is 1.36 bits per heavy atom. The van der Waals surface area contributed by atoms with E-state index in [4.69, 9.17) is 9.84 Å². The molecule has 0 spiro atoms. The molecule has 2 atom stereocenters. The molecule has 0 aromatic heterocycles. The van der Waals surface area contributed by atoms with Crippen LogP contribution < -0.4 is 9.46 Å². The minimum absolute atomic E-state index is 0.117. The molecule has 0 bridgehead atoms. The van der Waals surface area contributed by atoms with Crippen molar-refractivity contribution in [2.24, 2.45) is 5.92 Å². The molecule has 0 saturated heterocycles. The number of nitrogens with one attached hydrogen (secondary N) is 1. The molecule has 1 aromatic carbocycles. The maximum Gasteiger partial charge on any atom is 0.306 e. The number of benzene rings is 1. The molecule has 0 heterocycles. The van der Waals surface area contributed by atoms with Crippen LogP contribution in [0, 0.1) is 16.0 Å². The van der Waals surface area contributed by atoms with E-state index >= 15 is 0 Å². The second-order valence-corrected chi connectivity index (χ2v) is 7.47. The molecule has 10 heteroatoms. The zero-order valence-electron chi connectivity index (χ0n) is 14.3. The molecule has 0 saturated carbocycles. The fourth-order valence-electron chi connectivity index (χ4n) is 2.23. The first kappa shape index (κ1) is 20.8. The molecule has 0 aliphatic heterocycles. The number of nitro benzene ring substituents is 1. The fourth-order valence-corrected chi connectivity index (χ4v) is 3.66. The Morgan fingerprint density at radius 3 is 2.52 bits per heavy atom. The maximum atomic E-state index is 12.5. The number of nitro groups is 1. The van der Waals surface area contributed by atoms with Crippen molar-refractivity contribution in [3.63, 3.8) is 0 Å². The standard InChI is InChI=1S/C15H22N2O7S/c1-10(15(18)19)5-4-6-11(2)16-25(22,23)14-8-7-12(17(20)21)9-13(14)24-3/h7-11,16H,4-6H2,1-3H3,(H,18,19)/t10-,11-/m1/s1. The third-order valence-electron chi connectivity index (χ3n) is 3.70. The van der Waals surface area contributed by atoms with Crippen molar-refractivity contribution in [2.75, 3.05) is 7.11 Å². The van der Waals surface area contributed by atoms with Gasteiger partial charge in [-0.3, -0.25) is 14.9 Å². The predicted molar refractivity (Wildman–Crippen MR) is 90.1 cm³/mol. The number of hydrogen-bond donors (Lipinski definition) is 2. The number of nitrogens with zero attached hydrogens (tertiary/aromatic N) is 1. The van der Waals surface area contributed by atoms with Gasteiger partial charge in [0.05, 0.1) is 24.0 Å². The second-order valence-electron chi connectivity index (χ2n) is 5.78. The van der Waals surface area contributed by atoms with Crippen molar-refractivity contribution in [2.45, 2.75) is 44.0 Å². The number of methoxy groups -OCH3 is 1. The molecule has 0 amide bonds. The third-order valence-corrected chi connectivity index (χ3v) is 5.33. The van der Waals surface area contributed by atoms with Crippen LogP contribution in [0.3, 0.4) is 0 Å². The summed E-state index contributed by atoms with van der Waals surface area (Å²) in [5.74, 6) is -1.49. The minimum Gasteiger partial charge on any atom is -0.495 e. The van der Waals surface area contributed by atoms with E-state index in [0.717, 1.165) is 18.2 Å². The Balaban J connectivity index is 2.81. The molecule has 0 radical (unpaired) electrons. The zero-order chi connectivity index (χ0) is 19.2. The molecule has 0 aliphatic carbocycles. The summed E-state index contributed by atoms with van der Waals surface area (Å²) in [7, 11) is -2.69. The van der Waals surface area contributed by atoms with Gasteiger partial charge in [0, 0.05) is 12.1 Å². The monoisotopic (exact) mass is 374 g/mol. The Bertz CT molecular complexity index is 733. The summed E-state index contributed by atoms with van der Waals surface area (Å²) in [6.45, 7) is 3.26. The quantitative estimate of drug-likeness (QED) is 0.473. The van der Waals surface area contributed by atoms with Crippen LogP contribution >= 0.6 is 0 Å². The Hall–Kier alpha value is -2.20. The maximum absolute atomic E-state index is 12.5. The minimum atomic E-state index is -3.93. The number of carboxylic acids is 1. The zero-order valence-corrected chi connectivity index (χ0v) is 15.1. The number of ether oxygens (including phenoxy) is 1. The van der Waals surface area contributed by atoms with Crippen molar-refractivity contribution >= 4 is 21.7 Å². The van der Waals surface area contributed by atoms with E-state index in [-0.39, 0.29) is 16.3 Å². The number of aliphatic carboxylic acids is 1. The lowest BCUT2D eigenvalue weighted by Crippen LogP contribution is -2.33. The topological polar surface area (TPSA) is 136 Å². The summed E-state index contributed by atoms with van der Waals surface area (Å²) in [6.07, 6.45) is 1.46. The molecule has 0 fully saturated rings. The molecule has 1 rings (SSSR count). The molecule has 9 nitrogen and oxygen atoms in total. The smallest absolute Gasteiger partial charge is 0.306 e. The van der Waals surface area contributed by atoms with E-state index in [1.165, 1.54) is 7.11 Å². The molecule has 140 valence electrons. The number of hydrogen-bond acceptors (Lipinski definition) is 6. The average Bonchev–Trinajstić information content (AvgIpc) is 2.53. The summed E-state index contributed by atoms with van der Waals surface area (Å²) < 4.78 is 32.3. The van der Waals surface area contributed by atoms with Gasteiger partial charge in [-0.15, -0.1) is 0 Å². The third kappa shape index (κ3) is 5.98. The van der Waals surface area contributed by atoms with Crippen molar-refractivity contribution < 1.29 is 28.0 Å². The van der Waals surface area contributed by atoms with Gasteiger partial charge in [-0.05, 0) is 25.8 Å². The Morgan fingerprint density at radius 2 is 2.00 bits per heavy atom. The largest absolute Gasteiger partial charge is 0.495 e. The van der Waals surface area contributed by atoms with Crippen LogP contribution in [0.1, 0.15) is 33.1 Å². The lowest BCUT2D eigenvalue weighted by atomic mass is 10.0. The Kier molecular flexibility index (Phi) is 7.31. The van der Waals surface area contributed by atoms with Gasteiger partial charge in [0.2, 0.25) is 10.0 Å². The molecule has 2 N–H and O–H groups in total. The highest BCUT2D eigenvalue weighted by molar-refractivity contribution is 7.89. The number of sulfonamides is 1. The van der Waals surface area contributed by atoms with E-state index < -0.39 is 32.9 Å². The first-order chi connectivity index (χ1) is 11.6. The molecule has 1 aromatic rings. The highest BCUT2D eigenvalue weighted by Gasteiger charge is 2.24. The van der Waals surface area contributed by atoms with Crippen LogP contribution in [-0.2, 0) is 14.8 Å². The van der Waals surface area contributed by atoms with Crippen LogP contribution in [0.5, 0.6) is 5.75 Å². The van der Waals surface area contributed by atoms with Gasteiger partial charge in [-0.1, -0.05) is 13.3 Å². The van der Waals surface area contributed by atoms with Crippen LogP contribution in [0.25, 0.3) is 0 Å². The van der Waals surface area contributed by atoms with Crippen LogP contribution in [0.15, 0.2) is 23.1 Å². The van der Waals surface area contributed by atoms with Gasteiger partial charge in [-0.2, -0.15) is 0 Å². The lowest BCUT2D eigenvalue weighted by molar-refractivity contribution is -0.385. The van der Waals surface area contributed by atoms with Crippen molar-refractivity contribution in [1.82, 2.24) is 4.72 Å². The summed E-state index contributed by atoms with van der Waals surface area (Å²) >= 11 is 0. The molecule has 0 unspecified atom stereocenters. The van der Waals surface area contributed by atoms with Gasteiger partial charge >= 0.3 is 5.97 Å². The van der Waals surface area contributed by atoms with Gasteiger partial charge in [0.1, 0.15) is 10.6 Å². The number of carboxylic acid groups (broad SMARTS) is 1. The van der Waals surface area contributed by atoms with Gasteiger partial charge in [0.15, 0.2) is 0 Å². The van der Waals surface area contributed by atoms with Crippen molar-refractivity contribution in [3.05, 3.63) is 28.3 Å². The first-order valence-corrected chi connectivity index (χ1v) is 9.14. The van der Waals surface area contributed by atoms with E-state index in [9.17, 15) is 23.3 Å². The number of rotatable bonds is 10. The van der Waals surface area contributed by atoms with Crippen LogP contribution in [0.2, 0.25) is 0 Å². The molecular weight excluding hydrogens is 352 g/mol. The molecule has 0 aliphatic rings. The summed E-state index contributed by atoms with van der Waals surface area (Å²) in [6, 6.07) is 2.84. The van der Waals surface area contributed by atoms with Gasteiger partial charge < -0.3 is 9.84 Å². The number of carbonyl (C=O) groups is 1. The molecule has 25 heavy (non-hydrogen) atoms. The normalized spacial score (nSPS) is 13.9. The van der Waals surface area contributed by atoms with Gasteiger partial charge in [0.25, 0.3) is 5.69 Å². The van der Waals surface area contributed by atoms with Crippen molar-refractivity contribution in [3.8, 4) is 5.75 Å². The highest BCUT2D eigenvalue weighted by atomic mass is 32.2. The van der Waals surface area contributed by atoms with E-state index in [1.54, 1.807) is 13.8 Å². The Labute approximate surface area is 146 Å². The van der Waals surface area contributed by atoms with Crippen LogP contribution in [-0.4, -0.2) is 37.6 Å². The lowest BCUT2D eigenvalue weighted by Gasteiger charge is -2.16. The van der Waals surface area contributed by atoms with E-state index in [2.05, 4.69) is 4.72 Å². The SMILES string of the molecule is COc1cc([N+](=O)[O-])ccc1S(=O)(=O)N[C@H](C)CCC[C@@H](C)C(=O)O. The summed E-state index contributed by atoms with van der Waals surface area (Å²) in [4.78, 5) is 20.7. The number of non-ortho nitro benzene ring substituents is 1. The van der Waals surface area contributed by atoms with E-state index in [1.807, 2.05) is 0 Å². The van der Waals surface area contributed by atoms with Gasteiger partial charge in [-0.25, -0.2) is 13.1 Å². The predicted octanol–water partition coefficient (Wildman–Crippen LogP) is 2.16. The molecular formula is C15H22N2O7S. The average molecular weight is 374 g/mol.